The van der Waals surface area contributed by atoms with Gasteiger partial charge < -0.3 is 25.2 Å². The lowest BCUT2D eigenvalue weighted by Crippen LogP contribution is -2.63. The topological polar surface area (TPSA) is 124 Å². The predicted molar refractivity (Wildman–Crippen MR) is 77.6 cm³/mol. The lowest BCUT2D eigenvalue weighted by Gasteiger charge is -2.47. The number of ketones is 2. The Balaban J connectivity index is 2.17. The Morgan fingerprint density at radius 1 is 1.22 bits per heavy atom. The molecule has 0 saturated heterocycles. The fourth-order valence-corrected chi connectivity index (χ4v) is 3.54. The van der Waals surface area contributed by atoms with E-state index >= 15 is 0 Å². The molecule has 0 aliphatic heterocycles. The number of rotatable bonds is 1. The third-order valence-electron chi connectivity index (χ3n) is 5.00. The van der Waals surface area contributed by atoms with Gasteiger partial charge in [0.1, 0.15) is 17.1 Å². The third-order valence-corrected chi connectivity index (χ3v) is 5.00. The van der Waals surface area contributed by atoms with E-state index in [1.807, 2.05) is 0 Å². The largest absolute Gasteiger partial charge is 0.507 e. The van der Waals surface area contributed by atoms with Crippen LogP contribution in [0.4, 0.5) is 0 Å². The van der Waals surface area contributed by atoms with Gasteiger partial charge in [-0.2, -0.15) is 0 Å². The second-order valence-corrected chi connectivity index (χ2v) is 6.35. The molecule has 7 heteroatoms. The summed E-state index contributed by atoms with van der Waals surface area (Å²) in [5.74, 6) is -3.41. The molecule has 4 N–H and O–H groups in total. The number of aliphatic hydroxyl groups excluding tert-OH is 2. The lowest BCUT2D eigenvalue weighted by molar-refractivity contribution is -0.178. The molecule has 0 spiro atoms. The van der Waals surface area contributed by atoms with Gasteiger partial charge in [-0.1, -0.05) is 0 Å². The van der Waals surface area contributed by atoms with Crippen LogP contribution in [-0.2, 0) is 0 Å². The fraction of sp³-hybridized carbons (Fsp3) is 0.500. The average molecular weight is 322 g/mol. The number of hydrogen-bond acceptors (Lipinski definition) is 7. The number of carbonyl (C=O) groups excluding carboxylic acids is 2. The number of phenolic OH excluding ortho intramolecular Hbond substituents is 1. The van der Waals surface area contributed by atoms with Gasteiger partial charge >= 0.3 is 0 Å². The summed E-state index contributed by atoms with van der Waals surface area (Å²) in [4.78, 5) is 25.4. The summed E-state index contributed by atoms with van der Waals surface area (Å²) in [6.45, 7) is 1.23. The van der Waals surface area contributed by atoms with E-state index in [0.717, 1.165) is 0 Å². The predicted octanol–water partition coefficient (Wildman–Crippen LogP) is -0.111. The number of methoxy groups -OCH3 is 1. The SMILES string of the molecule is COc1cc(O)c2c(c1)C(=O)C1C(C[C@@H](O)[C@@](C)(O)[C@@H]1O)C2=O. The number of hydrogen-bond donors (Lipinski definition) is 4. The van der Waals surface area contributed by atoms with Gasteiger partial charge in [-0.05, 0) is 19.4 Å². The van der Waals surface area contributed by atoms with Crippen molar-refractivity contribution in [1.82, 2.24) is 0 Å². The van der Waals surface area contributed by atoms with Crippen molar-refractivity contribution in [1.29, 1.82) is 0 Å². The van der Waals surface area contributed by atoms with Crippen LogP contribution in [0.5, 0.6) is 11.5 Å². The Hall–Kier alpha value is -1.96. The lowest BCUT2D eigenvalue weighted by atomic mass is 9.61. The first-order valence-electron chi connectivity index (χ1n) is 7.28. The molecule has 1 aromatic rings. The summed E-state index contributed by atoms with van der Waals surface area (Å²) in [7, 11) is 1.36. The van der Waals surface area contributed by atoms with Gasteiger partial charge in [-0.15, -0.1) is 0 Å². The minimum atomic E-state index is -1.89. The molecule has 7 nitrogen and oxygen atoms in total. The maximum absolute atomic E-state index is 12.8. The van der Waals surface area contributed by atoms with Gasteiger partial charge in [-0.3, -0.25) is 9.59 Å². The highest BCUT2D eigenvalue weighted by atomic mass is 16.5. The molecule has 0 heterocycles. The molecule has 5 atom stereocenters. The van der Waals surface area contributed by atoms with Crippen molar-refractivity contribution in [2.45, 2.75) is 31.2 Å². The van der Waals surface area contributed by atoms with E-state index < -0.39 is 41.2 Å². The molecule has 23 heavy (non-hydrogen) atoms. The number of phenols is 1. The molecule has 124 valence electrons. The minimum Gasteiger partial charge on any atom is -0.507 e. The quantitative estimate of drug-likeness (QED) is 0.568. The first-order valence-corrected chi connectivity index (χ1v) is 7.28. The molecule has 0 aromatic heterocycles. The van der Waals surface area contributed by atoms with E-state index in [9.17, 15) is 30.0 Å². The fourth-order valence-electron chi connectivity index (χ4n) is 3.54. The van der Waals surface area contributed by atoms with E-state index in [2.05, 4.69) is 0 Å². The maximum atomic E-state index is 12.8. The second-order valence-electron chi connectivity index (χ2n) is 6.35. The Labute approximate surface area is 132 Å². The van der Waals surface area contributed by atoms with Crippen LogP contribution in [0.1, 0.15) is 34.1 Å². The number of benzene rings is 1. The molecule has 1 aromatic carbocycles. The van der Waals surface area contributed by atoms with Crippen LogP contribution in [-0.4, -0.2) is 56.9 Å². The highest BCUT2D eigenvalue weighted by Crippen LogP contribution is 2.46. The number of ether oxygens (including phenoxy) is 1. The van der Waals surface area contributed by atoms with Crippen molar-refractivity contribution in [3.05, 3.63) is 23.3 Å². The van der Waals surface area contributed by atoms with Crippen LogP contribution >= 0.6 is 0 Å². The number of aromatic hydroxyl groups is 1. The van der Waals surface area contributed by atoms with E-state index in [0.29, 0.717) is 0 Å². The zero-order valence-electron chi connectivity index (χ0n) is 12.7. The summed E-state index contributed by atoms with van der Waals surface area (Å²) in [5, 5.41) is 40.6. The van der Waals surface area contributed by atoms with Crippen LogP contribution in [0.15, 0.2) is 12.1 Å². The standard InChI is InChI=1S/C16H18O7/c1-16(22)10(18)5-8-12(15(16)21)14(20)7-3-6(23-2)4-9(17)11(7)13(8)19/h3-4,8,10,12,15,17-18,21-22H,5H2,1-2H3/t8?,10-,12?,15-,16-/m1/s1. The molecule has 2 unspecified atom stereocenters. The summed E-state index contributed by atoms with van der Waals surface area (Å²) in [6, 6.07) is 2.56. The summed E-state index contributed by atoms with van der Waals surface area (Å²) < 4.78 is 4.99. The highest BCUT2D eigenvalue weighted by Gasteiger charge is 2.57. The summed E-state index contributed by atoms with van der Waals surface area (Å²) in [6.07, 6.45) is -3.10. The van der Waals surface area contributed by atoms with Gasteiger partial charge in [0.2, 0.25) is 0 Å². The molecule has 2 aliphatic rings. The van der Waals surface area contributed by atoms with Crippen molar-refractivity contribution in [3.8, 4) is 11.5 Å². The van der Waals surface area contributed by atoms with Crippen molar-refractivity contribution in [3.63, 3.8) is 0 Å². The molecule has 0 bridgehead atoms. The van der Waals surface area contributed by atoms with Crippen LogP contribution in [0.25, 0.3) is 0 Å². The molecule has 1 saturated carbocycles. The molecule has 0 radical (unpaired) electrons. The van der Waals surface area contributed by atoms with E-state index in [1.165, 1.54) is 26.2 Å². The molecule has 3 rings (SSSR count). The first kappa shape index (κ1) is 15.9. The average Bonchev–Trinajstić information content (AvgIpc) is 2.49. The minimum absolute atomic E-state index is 0.0423. The zero-order chi connectivity index (χ0) is 17.1. The van der Waals surface area contributed by atoms with Gasteiger partial charge in [0.05, 0.1) is 30.8 Å². The Morgan fingerprint density at radius 2 is 1.87 bits per heavy atom. The molecule has 0 amide bonds. The van der Waals surface area contributed by atoms with Crippen LogP contribution in [0.3, 0.4) is 0 Å². The monoisotopic (exact) mass is 322 g/mol. The third kappa shape index (κ3) is 2.08. The van der Waals surface area contributed by atoms with Crippen molar-refractivity contribution in [2.24, 2.45) is 11.8 Å². The van der Waals surface area contributed by atoms with E-state index in [-0.39, 0.29) is 29.0 Å². The van der Waals surface area contributed by atoms with E-state index in [1.54, 1.807) is 0 Å². The number of aliphatic hydroxyl groups is 3. The van der Waals surface area contributed by atoms with Crippen molar-refractivity contribution < 1.29 is 34.8 Å². The van der Waals surface area contributed by atoms with E-state index in [4.69, 9.17) is 4.74 Å². The summed E-state index contributed by atoms with van der Waals surface area (Å²) >= 11 is 0. The van der Waals surface area contributed by atoms with Crippen LogP contribution in [0, 0.1) is 11.8 Å². The number of fused-ring (bicyclic) bond motifs is 2. The summed E-state index contributed by atoms with van der Waals surface area (Å²) in [5.41, 5.74) is -2.06. The Morgan fingerprint density at radius 3 is 2.48 bits per heavy atom. The van der Waals surface area contributed by atoms with Crippen LogP contribution < -0.4 is 4.74 Å². The Kier molecular flexibility index (Phi) is 3.47. The van der Waals surface area contributed by atoms with Gasteiger partial charge in [0.25, 0.3) is 0 Å². The second kappa shape index (κ2) is 5.02. The van der Waals surface area contributed by atoms with Gasteiger partial charge in [0.15, 0.2) is 11.6 Å². The molecule has 2 aliphatic carbocycles. The first-order chi connectivity index (χ1) is 10.7. The van der Waals surface area contributed by atoms with Crippen LogP contribution in [0.2, 0.25) is 0 Å². The number of Topliss-reactive ketones (excluding diaryl/α,β-unsaturated/α-hetero) is 2. The van der Waals surface area contributed by atoms with Crippen molar-refractivity contribution in [2.75, 3.05) is 7.11 Å². The normalized spacial score (nSPS) is 36.4. The smallest absolute Gasteiger partial charge is 0.171 e. The highest BCUT2D eigenvalue weighted by molar-refractivity contribution is 6.18. The van der Waals surface area contributed by atoms with Gasteiger partial charge in [-0.25, -0.2) is 0 Å². The Bertz CT molecular complexity index is 694. The van der Waals surface area contributed by atoms with Gasteiger partial charge in [0, 0.05) is 17.5 Å². The van der Waals surface area contributed by atoms with Crippen molar-refractivity contribution >= 4 is 11.6 Å². The maximum Gasteiger partial charge on any atom is 0.171 e. The zero-order valence-corrected chi connectivity index (χ0v) is 12.7. The molecular weight excluding hydrogens is 304 g/mol. The number of carbonyl (C=O) groups is 2. The molecular formula is C16H18O7. The molecule has 1 fully saturated rings.